The van der Waals surface area contributed by atoms with Crippen molar-refractivity contribution in [3.05, 3.63) is 53.6 Å². The summed E-state index contributed by atoms with van der Waals surface area (Å²) in [5, 5.41) is 2.88. The maximum absolute atomic E-state index is 13.0. The van der Waals surface area contributed by atoms with Crippen LogP contribution in [0.5, 0.6) is 5.75 Å². The van der Waals surface area contributed by atoms with E-state index in [2.05, 4.69) is 5.32 Å². The second kappa shape index (κ2) is 9.50. The molecule has 2 aromatic carbocycles. The number of nitrogens with one attached hydrogen (secondary N) is 1. The highest BCUT2D eigenvalue weighted by molar-refractivity contribution is 7.89. The molecular weight excluding hydrogens is 446 g/mol. The number of hydrogen-bond acceptors (Lipinski definition) is 6. The molecule has 176 valence electrons. The monoisotopic (exact) mass is 473 g/mol. The fourth-order valence-corrected chi connectivity index (χ4v) is 5.73. The second-order valence-electron chi connectivity index (χ2n) is 7.95. The van der Waals surface area contributed by atoms with Crippen LogP contribution in [-0.4, -0.2) is 64.0 Å². The third-order valence-electron chi connectivity index (χ3n) is 5.93. The normalized spacial score (nSPS) is 18.6. The number of morpholine rings is 1. The van der Waals surface area contributed by atoms with Crippen LogP contribution < -0.4 is 15.0 Å². The van der Waals surface area contributed by atoms with Crippen molar-refractivity contribution in [3.63, 3.8) is 0 Å². The third-order valence-corrected chi connectivity index (χ3v) is 7.83. The van der Waals surface area contributed by atoms with Crippen molar-refractivity contribution in [2.24, 2.45) is 0 Å². The molecule has 0 saturated carbocycles. The quantitative estimate of drug-likeness (QED) is 0.678. The molecule has 2 aliphatic heterocycles. The van der Waals surface area contributed by atoms with Crippen molar-refractivity contribution in [3.8, 4) is 5.75 Å². The lowest BCUT2D eigenvalue weighted by Gasteiger charge is -2.26. The molecule has 0 spiro atoms. The lowest BCUT2D eigenvalue weighted by atomic mass is 10.1. The Bertz CT molecular complexity index is 1160. The number of sulfonamides is 1. The van der Waals surface area contributed by atoms with Gasteiger partial charge in [-0.15, -0.1) is 0 Å². The molecule has 1 atom stereocenters. The number of anilines is 1. The fraction of sp³-hybridized carbons (Fsp3) is 0.391. The number of carbonyl (C=O) groups is 2. The highest BCUT2D eigenvalue weighted by Crippen LogP contribution is 2.35. The molecular formula is C23H27N3O6S. The summed E-state index contributed by atoms with van der Waals surface area (Å²) in [5.41, 5.74) is 2.02. The van der Waals surface area contributed by atoms with E-state index in [-0.39, 0.29) is 29.7 Å². The van der Waals surface area contributed by atoms with E-state index in [0.717, 1.165) is 5.56 Å². The van der Waals surface area contributed by atoms with Gasteiger partial charge in [-0.1, -0.05) is 18.2 Å². The number of rotatable bonds is 6. The fourth-order valence-electron chi connectivity index (χ4n) is 4.27. The first-order valence-electron chi connectivity index (χ1n) is 10.7. The van der Waals surface area contributed by atoms with E-state index in [9.17, 15) is 18.0 Å². The predicted molar refractivity (Wildman–Crippen MR) is 122 cm³/mol. The Balaban J connectivity index is 1.55. The topological polar surface area (TPSA) is 105 Å². The summed E-state index contributed by atoms with van der Waals surface area (Å²) < 4.78 is 38.0. The van der Waals surface area contributed by atoms with Gasteiger partial charge in [0, 0.05) is 44.2 Å². The Labute approximate surface area is 193 Å². The van der Waals surface area contributed by atoms with Crippen molar-refractivity contribution in [1.82, 2.24) is 9.62 Å². The Morgan fingerprint density at radius 2 is 1.88 bits per heavy atom. The summed E-state index contributed by atoms with van der Waals surface area (Å²) in [5.74, 6) is 0.0637. The maximum atomic E-state index is 13.0. The second-order valence-corrected chi connectivity index (χ2v) is 9.88. The van der Waals surface area contributed by atoms with E-state index in [1.54, 1.807) is 19.2 Å². The number of carbonyl (C=O) groups excluding carboxylic acids is 2. The van der Waals surface area contributed by atoms with Gasteiger partial charge in [0.15, 0.2) is 0 Å². The molecule has 0 radical (unpaired) electrons. The zero-order valence-electron chi connectivity index (χ0n) is 18.6. The Morgan fingerprint density at radius 1 is 1.15 bits per heavy atom. The summed E-state index contributed by atoms with van der Waals surface area (Å²) in [7, 11) is -2.11. The van der Waals surface area contributed by atoms with Crippen molar-refractivity contribution in [2.45, 2.75) is 30.8 Å². The molecule has 2 aliphatic rings. The summed E-state index contributed by atoms with van der Waals surface area (Å²) in [6.07, 6.45) is 0.235. The first-order valence-corrected chi connectivity index (χ1v) is 12.2. The van der Waals surface area contributed by atoms with Crippen LogP contribution in [0.15, 0.2) is 47.4 Å². The van der Waals surface area contributed by atoms with Crippen LogP contribution in [0.3, 0.4) is 0 Å². The summed E-state index contributed by atoms with van der Waals surface area (Å²) >= 11 is 0. The van der Waals surface area contributed by atoms with E-state index >= 15 is 0 Å². The lowest BCUT2D eigenvalue weighted by molar-refractivity contribution is -0.125. The molecule has 0 unspecified atom stereocenters. The SMILES string of the molecule is COc1ccccc1CNC(=O)[C@@H]1Cc2cc(S(=O)(=O)N3CCOCC3)ccc2N1C(C)=O. The van der Waals surface area contributed by atoms with Crippen LogP contribution in [0.4, 0.5) is 5.69 Å². The van der Waals surface area contributed by atoms with Crippen molar-refractivity contribution in [2.75, 3.05) is 38.3 Å². The van der Waals surface area contributed by atoms with E-state index in [1.165, 1.54) is 22.2 Å². The number of ether oxygens (including phenoxy) is 2. The van der Waals surface area contributed by atoms with Gasteiger partial charge in [0.1, 0.15) is 11.8 Å². The highest BCUT2D eigenvalue weighted by atomic mass is 32.2. The summed E-state index contributed by atoms with van der Waals surface area (Å²) in [4.78, 5) is 27.0. The molecule has 1 N–H and O–H groups in total. The van der Waals surface area contributed by atoms with Crippen LogP contribution >= 0.6 is 0 Å². The molecule has 0 aliphatic carbocycles. The van der Waals surface area contributed by atoms with Crippen molar-refractivity contribution >= 4 is 27.5 Å². The Hall–Kier alpha value is -2.95. The first-order chi connectivity index (χ1) is 15.8. The number of nitrogens with zero attached hydrogens (tertiary/aromatic N) is 2. The smallest absolute Gasteiger partial charge is 0.243 e. The van der Waals surface area contributed by atoms with Crippen LogP contribution in [0.1, 0.15) is 18.1 Å². The van der Waals surface area contributed by atoms with Gasteiger partial charge in [0.25, 0.3) is 0 Å². The minimum Gasteiger partial charge on any atom is -0.496 e. The molecule has 9 nitrogen and oxygen atoms in total. The van der Waals surface area contributed by atoms with Crippen LogP contribution in [0, 0.1) is 0 Å². The van der Waals surface area contributed by atoms with Gasteiger partial charge in [-0.2, -0.15) is 4.31 Å². The zero-order valence-corrected chi connectivity index (χ0v) is 19.4. The van der Waals surface area contributed by atoms with Gasteiger partial charge in [0.2, 0.25) is 21.8 Å². The van der Waals surface area contributed by atoms with Gasteiger partial charge in [0.05, 0.1) is 25.2 Å². The molecule has 4 rings (SSSR count). The number of benzene rings is 2. The van der Waals surface area contributed by atoms with E-state index in [1.807, 2.05) is 24.3 Å². The van der Waals surface area contributed by atoms with Crippen LogP contribution in [0.2, 0.25) is 0 Å². The molecule has 1 saturated heterocycles. The number of hydrogen-bond donors (Lipinski definition) is 1. The maximum Gasteiger partial charge on any atom is 0.243 e. The zero-order chi connectivity index (χ0) is 23.6. The molecule has 1 fully saturated rings. The number of fused-ring (bicyclic) bond motifs is 1. The molecule has 0 bridgehead atoms. The van der Waals surface area contributed by atoms with Crippen LogP contribution in [0.25, 0.3) is 0 Å². The average molecular weight is 474 g/mol. The standard InChI is InChI=1S/C23H27N3O6S/c1-16(27)26-20-8-7-19(33(29,30)25-9-11-32-12-10-25)13-18(20)14-21(26)23(28)24-15-17-5-3-4-6-22(17)31-2/h3-8,13,21H,9-12,14-15H2,1-2H3,(H,24,28)/t21-/m0/s1. The molecule has 2 heterocycles. The number of amides is 2. The molecule has 2 amide bonds. The largest absolute Gasteiger partial charge is 0.496 e. The van der Waals surface area contributed by atoms with Crippen molar-refractivity contribution < 1.29 is 27.5 Å². The number of para-hydroxylation sites is 1. The minimum atomic E-state index is -3.68. The summed E-state index contributed by atoms with van der Waals surface area (Å²) in [6.45, 7) is 2.96. The summed E-state index contributed by atoms with van der Waals surface area (Å²) in [6, 6.07) is 11.3. The highest BCUT2D eigenvalue weighted by Gasteiger charge is 2.38. The molecule has 33 heavy (non-hydrogen) atoms. The molecule has 2 aromatic rings. The van der Waals surface area contributed by atoms with E-state index in [0.29, 0.717) is 43.3 Å². The minimum absolute atomic E-state index is 0.154. The third kappa shape index (κ3) is 4.59. The number of methoxy groups -OCH3 is 1. The molecule has 10 heteroatoms. The van der Waals surface area contributed by atoms with Crippen LogP contribution in [-0.2, 0) is 37.3 Å². The Kier molecular flexibility index (Phi) is 6.68. The first kappa shape index (κ1) is 23.2. The van der Waals surface area contributed by atoms with Gasteiger partial charge in [-0.25, -0.2) is 8.42 Å². The Morgan fingerprint density at radius 3 is 2.58 bits per heavy atom. The van der Waals surface area contributed by atoms with Crippen molar-refractivity contribution in [1.29, 1.82) is 0 Å². The lowest BCUT2D eigenvalue weighted by Crippen LogP contribution is -2.47. The van der Waals surface area contributed by atoms with Gasteiger partial charge < -0.3 is 14.8 Å². The van der Waals surface area contributed by atoms with Gasteiger partial charge in [-0.05, 0) is 29.8 Å². The van der Waals surface area contributed by atoms with E-state index in [4.69, 9.17) is 9.47 Å². The molecule has 0 aromatic heterocycles. The predicted octanol–water partition coefficient (Wildman–Crippen LogP) is 1.31. The van der Waals surface area contributed by atoms with E-state index < -0.39 is 16.1 Å². The average Bonchev–Trinajstić information content (AvgIpc) is 3.22. The van der Waals surface area contributed by atoms with Gasteiger partial charge in [-0.3, -0.25) is 14.5 Å². The van der Waals surface area contributed by atoms with Gasteiger partial charge >= 0.3 is 0 Å².